The van der Waals surface area contributed by atoms with Gasteiger partial charge in [0.1, 0.15) is 0 Å². The highest BCUT2D eigenvalue weighted by molar-refractivity contribution is 9.10. The van der Waals surface area contributed by atoms with Crippen LogP contribution in [0.4, 0.5) is 0 Å². The van der Waals surface area contributed by atoms with E-state index in [2.05, 4.69) is 37.6 Å². The molecule has 0 atom stereocenters. The highest BCUT2D eigenvalue weighted by Gasteiger charge is 2.13. The molecule has 2 rings (SSSR count). The molecule has 0 unspecified atom stereocenters. The topological polar surface area (TPSA) is 54.7 Å². The van der Waals surface area contributed by atoms with E-state index in [0.717, 1.165) is 22.3 Å². The van der Waals surface area contributed by atoms with Gasteiger partial charge >= 0.3 is 0 Å². The molecule has 0 aliphatic carbocycles. The Morgan fingerprint density at radius 1 is 1.60 bits per heavy atom. The second-order valence-corrected chi connectivity index (χ2v) is 5.17. The lowest BCUT2D eigenvalue weighted by Crippen LogP contribution is -2.03. The quantitative estimate of drug-likeness (QED) is 0.911. The van der Waals surface area contributed by atoms with Gasteiger partial charge in [-0.1, -0.05) is 0 Å². The van der Waals surface area contributed by atoms with E-state index >= 15 is 0 Å². The van der Waals surface area contributed by atoms with Crippen molar-refractivity contribution in [1.29, 1.82) is 0 Å². The van der Waals surface area contributed by atoms with Crippen molar-refractivity contribution >= 4 is 27.3 Å². The molecule has 3 N–H and O–H groups in total. The summed E-state index contributed by atoms with van der Waals surface area (Å²) in [5.74, 6) is 0. The molecule has 2 heterocycles. The maximum Gasteiger partial charge on any atom is 0.0724 e. The van der Waals surface area contributed by atoms with Gasteiger partial charge in [0.25, 0.3) is 0 Å². The Bertz CT molecular complexity index is 461. The first-order chi connectivity index (χ1) is 7.22. The molecule has 2 aromatic heterocycles. The lowest BCUT2D eigenvalue weighted by atomic mass is 10.1. The van der Waals surface area contributed by atoms with Gasteiger partial charge in [0.05, 0.1) is 5.69 Å². The minimum Gasteiger partial charge on any atom is -0.330 e. The minimum absolute atomic E-state index is 0.629. The molecule has 5 heteroatoms. The predicted molar refractivity (Wildman–Crippen MR) is 67.1 cm³/mol. The molecule has 0 aliphatic heterocycles. The molecule has 3 nitrogen and oxygen atoms in total. The first kappa shape index (κ1) is 10.9. The molecule has 0 aliphatic rings. The van der Waals surface area contributed by atoms with E-state index in [4.69, 9.17) is 5.73 Å². The molecule has 0 saturated heterocycles. The zero-order valence-corrected chi connectivity index (χ0v) is 10.8. The molecule has 2 aromatic rings. The summed E-state index contributed by atoms with van der Waals surface area (Å²) in [5, 5.41) is 9.37. The molecular weight excluding hydrogens is 274 g/mol. The first-order valence-corrected chi connectivity index (χ1v) is 6.38. The summed E-state index contributed by atoms with van der Waals surface area (Å²) in [5.41, 5.74) is 8.93. The molecular formula is C10H12BrN3S. The van der Waals surface area contributed by atoms with Crippen LogP contribution >= 0.6 is 27.3 Å². The van der Waals surface area contributed by atoms with E-state index in [0.29, 0.717) is 6.54 Å². The second-order valence-electron chi connectivity index (χ2n) is 3.34. The van der Waals surface area contributed by atoms with E-state index in [1.807, 2.05) is 6.92 Å². The summed E-state index contributed by atoms with van der Waals surface area (Å²) >= 11 is 5.17. The number of aromatic amines is 1. The van der Waals surface area contributed by atoms with E-state index in [1.54, 1.807) is 11.3 Å². The molecule has 0 spiro atoms. The fraction of sp³-hybridized carbons (Fsp3) is 0.300. The number of aryl methyl sites for hydroxylation is 1. The van der Waals surface area contributed by atoms with Crippen LogP contribution in [0.5, 0.6) is 0 Å². The van der Waals surface area contributed by atoms with Crippen molar-refractivity contribution in [2.45, 2.75) is 13.3 Å². The van der Waals surface area contributed by atoms with Crippen LogP contribution in [0.1, 0.15) is 11.4 Å². The third-order valence-corrected chi connectivity index (χ3v) is 3.93. The summed E-state index contributed by atoms with van der Waals surface area (Å²) in [4.78, 5) is 1.23. The van der Waals surface area contributed by atoms with Crippen molar-refractivity contribution in [3.05, 3.63) is 27.3 Å². The summed E-state index contributed by atoms with van der Waals surface area (Å²) in [7, 11) is 0. The standard InChI is InChI=1S/C10H12BrN3S/c1-6-10(8(2-3-12)14-13-6)9-4-7(11)5-15-9/h4-5H,2-3,12H2,1H3,(H,13,14). The number of H-pyrrole nitrogens is 1. The zero-order chi connectivity index (χ0) is 10.8. The van der Waals surface area contributed by atoms with Crippen molar-refractivity contribution in [3.63, 3.8) is 0 Å². The van der Waals surface area contributed by atoms with Crippen molar-refractivity contribution < 1.29 is 0 Å². The van der Waals surface area contributed by atoms with E-state index in [1.165, 1.54) is 10.4 Å². The number of nitrogens with two attached hydrogens (primary N) is 1. The normalized spacial score (nSPS) is 10.9. The Morgan fingerprint density at radius 2 is 2.40 bits per heavy atom. The molecule has 0 radical (unpaired) electrons. The fourth-order valence-corrected chi connectivity index (χ4v) is 3.12. The van der Waals surface area contributed by atoms with Crippen molar-refractivity contribution in [2.75, 3.05) is 6.54 Å². The van der Waals surface area contributed by atoms with E-state index in [-0.39, 0.29) is 0 Å². The Balaban J connectivity index is 2.46. The number of hydrogen-bond donors (Lipinski definition) is 2. The third-order valence-electron chi connectivity index (χ3n) is 2.22. The largest absolute Gasteiger partial charge is 0.330 e. The van der Waals surface area contributed by atoms with Gasteiger partial charge < -0.3 is 5.73 Å². The third kappa shape index (κ3) is 2.14. The van der Waals surface area contributed by atoms with E-state index in [9.17, 15) is 0 Å². The lowest BCUT2D eigenvalue weighted by Gasteiger charge is -1.98. The molecule has 80 valence electrons. The van der Waals surface area contributed by atoms with Gasteiger partial charge in [0.15, 0.2) is 0 Å². The van der Waals surface area contributed by atoms with E-state index < -0.39 is 0 Å². The predicted octanol–water partition coefficient (Wildman–Crippen LogP) is 2.71. The number of halogens is 1. The zero-order valence-electron chi connectivity index (χ0n) is 8.38. The first-order valence-electron chi connectivity index (χ1n) is 4.70. The number of nitrogens with zero attached hydrogens (tertiary/aromatic N) is 1. The maximum atomic E-state index is 5.56. The van der Waals surface area contributed by atoms with Crippen LogP contribution in [0.2, 0.25) is 0 Å². The van der Waals surface area contributed by atoms with Crippen LogP contribution in [0.3, 0.4) is 0 Å². The minimum atomic E-state index is 0.629. The smallest absolute Gasteiger partial charge is 0.0724 e. The number of aromatic nitrogens is 2. The number of rotatable bonds is 3. The van der Waals surface area contributed by atoms with Crippen LogP contribution in [0.25, 0.3) is 10.4 Å². The molecule has 0 amide bonds. The number of nitrogens with one attached hydrogen (secondary N) is 1. The monoisotopic (exact) mass is 285 g/mol. The van der Waals surface area contributed by atoms with Gasteiger partial charge in [0.2, 0.25) is 0 Å². The average molecular weight is 286 g/mol. The number of thiophene rings is 1. The van der Waals surface area contributed by atoms with Crippen LogP contribution in [-0.4, -0.2) is 16.7 Å². The Labute approximate surface area is 101 Å². The average Bonchev–Trinajstić information content (AvgIpc) is 2.74. The molecule has 0 fully saturated rings. The van der Waals surface area contributed by atoms with Crippen molar-refractivity contribution in [2.24, 2.45) is 5.73 Å². The van der Waals surface area contributed by atoms with Gasteiger partial charge in [-0.3, -0.25) is 5.10 Å². The van der Waals surface area contributed by atoms with Gasteiger partial charge in [0, 0.05) is 32.4 Å². The van der Waals surface area contributed by atoms with Crippen LogP contribution in [0, 0.1) is 6.92 Å². The Hall–Kier alpha value is -0.650. The van der Waals surface area contributed by atoms with Gasteiger partial charge in [-0.25, -0.2) is 0 Å². The van der Waals surface area contributed by atoms with Crippen LogP contribution in [0.15, 0.2) is 15.9 Å². The van der Waals surface area contributed by atoms with Crippen molar-refractivity contribution in [1.82, 2.24) is 10.2 Å². The van der Waals surface area contributed by atoms with Gasteiger partial charge in [-0.15, -0.1) is 11.3 Å². The molecule has 15 heavy (non-hydrogen) atoms. The molecule has 0 aromatic carbocycles. The van der Waals surface area contributed by atoms with Crippen LogP contribution in [-0.2, 0) is 6.42 Å². The number of hydrogen-bond acceptors (Lipinski definition) is 3. The highest BCUT2D eigenvalue weighted by atomic mass is 79.9. The molecule has 0 saturated carbocycles. The second kappa shape index (κ2) is 4.47. The lowest BCUT2D eigenvalue weighted by molar-refractivity contribution is 0.899. The highest BCUT2D eigenvalue weighted by Crippen LogP contribution is 2.33. The van der Waals surface area contributed by atoms with Gasteiger partial charge in [-0.2, -0.15) is 5.10 Å². The fourth-order valence-electron chi connectivity index (χ4n) is 1.57. The summed E-state index contributed by atoms with van der Waals surface area (Å²) < 4.78 is 1.11. The Morgan fingerprint density at radius 3 is 3.00 bits per heavy atom. The SMILES string of the molecule is Cc1[nH]nc(CCN)c1-c1cc(Br)cs1. The summed E-state index contributed by atoms with van der Waals surface area (Å²) in [6, 6.07) is 2.11. The Kier molecular flexibility index (Phi) is 3.23. The molecule has 0 bridgehead atoms. The van der Waals surface area contributed by atoms with Crippen molar-refractivity contribution in [3.8, 4) is 10.4 Å². The van der Waals surface area contributed by atoms with Crippen LogP contribution < -0.4 is 5.73 Å². The maximum absolute atomic E-state index is 5.56. The summed E-state index contributed by atoms with van der Waals surface area (Å²) in [6.45, 7) is 2.67. The summed E-state index contributed by atoms with van der Waals surface area (Å²) in [6.07, 6.45) is 0.815. The van der Waals surface area contributed by atoms with Gasteiger partial charge in [-0.05, 0) is 35.5 Å².